The van der Waals surface area contributed by atoms with E-state index >= 15 is 0 Å². The van der Waals surface area contributed by atoms with Gasteiger partial charge in [-0.1, -0.05) is 50.6 Å². The summed E-state index contributed by atoms with van der Waals surface area (Å²) in [6.07, 6.45) is 0. The molecular weight excluding hydrogens is 210 g/mol. The maximum atomic E-state index is 4.11. The molecule has 0 bridgehead atoms. The monoisotopic (exact) mass is 231 g/mol. The summed E-state index contributed by atoms with van der Waals surface area (Å²) in [5.74, 6) is 0. The first-order valence-electron chi connectivity index (χ1n) is 4.96. The predicted molar refractivity (Wildman–Crippen MR) is 73.5 cm³/mol. The fraction of sp³-hybridized carbons (Fsp3) is 0.455. The molecule has 0 amide bonds. The fourth-order valence-corrected chi connectivity index (χ4v) is 1.64. The fourth-order valence-electron chi connectivity index (χ4n) is 0.753. The first-order valence-corrected chi connectivity index (χ1v) is 6.83. The van der Waals surface area contributed by atoms with Crippen LogP contribution < -0.4 is 5.32 Å². The van der Waals surface area contributed by atoms with Gasteiger partial charge >= 0.3 is 0 Å². The summed E-state index contributed by atoms with van der Waals surface area (Å²) in [6.45, 7) is 8.00. The lowest BCUT2D eigenvalue weighted by Gasteiger charge is -2.03. The summed E-state index contributed by atoms with van der Waals surface area (Å²) >= 11 is 4.11. The molecule has 1 aromatic rings. The van der Waals surface area contributed by atoms with Gasteiger partial charge in [-0.3, -0.25) is 0 Å². The van der Waals surface area contributed by atoms with E-state index in [0.717, 1.165) is 10.6 Å². The van der Waals surface area contributed by atoms with Gasteiger partial charge in [0.25, 0.3) is 0 Å². The van der Waals surface area contributed by atoms with Gasteiger partial charge in [-0.2, -0.15) is 0 Å². The van der Waals surface area contributed by atoms with E-state index in [-0.39, 0.29) is 0 Å². The van der Waals surface area contributed by atoms with Crippen LogP contribution in [0.5, 0.6) is 0 Å². The number of para-hydroxylation sites is 1. The van der Waals surface area contributed by atoms with Crippen LogP contribution in [0.4, 0.5) is 5.69 Å². The van der Waals surface area contributed by atoms with Crippen molar-refractivity contribution in [3.05, 3.63) is 24.3 Å². The number of rotatable bonds is 2. The average Bonchev–Trinajstić information content (AvgIpc) is 2.34. The minimum absolute atomic E-state index is 1.13. The normalized spacial score (nSPS) is 7.57. The van der Waals surface area contributed by atoms with Crippen molar-refractivity contribution in [1.29, 1.82) is 0 Å². The zero-order chi connectivity index (χ0) is 11.4. The van der Waals surface area contributed by atoms with Gasteiger partial charge in [0.1, 0.15) is 0 Å². The highest BCUT2D eigenvalue weighted by atomic mass is 33.1. The predicted octanol–water partition coefficient (Wildman–Crippen LogP) is 4.72. The number of anilines is 1. The molecule has 0 spiro atoms. The van der Waals surface area contributed by atoms with Gasteiger partial charge in [0.2, 0.25) is 0 Å². The molecule has 0 radical (unpaired) electrons. The van der Waals surface area contributed by atoms with Crippen molar-refractivity contribution in [2.24, 2.45) is 0 Å². The average molecular weight is 231 g/mol. The van der Waals surface area contributed by atoms with Gasteiger partial charge in [0.15, 0.2) is 0 Å². The SMILES string of the molecule is CC.CC.CNc1ccccc1SS. The number of benzene rings is 1. The van der Waals surface area contributed by atoms with E-state index in [4.69, 9.17) is 0 Å². The van der Waals surface area contributed by atoms with Crippen molar-refractivity contribution in [2.75, 3.05) is 12.4 Å². The van der Waals surface area contributed by atoms with Crippen molar-refractivity contribution < 1.29 is 0 Å². The van der Waals surface area contributed by atoms with Gasteiger partial charge in [-0.05, 0) is 12.1 Å². The topological polar surface area (TPSA) is 12.0 Å². The quantitative estimate of drug-likeness (QED) is 0.564. The van der Waals surface area contributed by atoms with E-state index in [2.05, 4.69) is 17.0 Å². The van der Waals surface area contributed by atoms with Gasteiger partial charge in [-0.25, -0.2) is 0 Å². The first kappa shape index (κ1) is 16.2. The van der Waals surface area contributed by atoms with E-state index < -0.39 is 0 Å². The Hall–Kier alpha value is -0.280. The molecule has 0 aromatic heterocycles. The number of hydrogen-bond acceptors (Lipinski definition) is 3. The van der Waals surface area contributed by atoms with Gasteiger partial charge in [0, 0.05) is 17.6 Å². The number of thiol groups is 1. The summed E-state index contributed by atoms with van der Waals surface area (Å²) in [5.41, 5.74) is 1.13. The Morgan fingerprint density at radius 1 is 1.07 bits per heavy atom. The Bertz CT molecular complexity index is 191. The van der Waals surface area contributed by atoms with Crippen LogP contribution in [0.2, 0.25) is 0 Å². The van der Waals surface area contributed by atoms with Crippen LogP contribution in [0.15, 0.2) is 29.2 Å². The third kappa shape index (κ3) is 6.22. The zero-order valence-corrected chi connectivity index (χ0v) is 11.4. The number of hydrogen-bond donors (Lipinski definition) is 2. The minimum atomic E-state index is 1.13. The van der Waals surface area contributed by atoms with Crippen LogP contribution in [0, 0.1) is 0 Å². The summed E-state index contributed by atoms with van der Waals surface area (Å²) in [6, 6.07) is 8.06. The highest BCUT2D eigenvalue weighted by molar-refractivity contribution is 8.68. The van der Waals surface area contributed by atoms with Crippen LogP contribution in [0.25, 0.3) is 0 Å². The maximum absolute atomic E-state index is 4.11. The van der Waals surface area contributed by atoms with Crippen molar-refractivity contribution in [1.82, 2.24) is 0 Å². The Balaban J connectivity index is 0. The lowest BCUT2D eigenvalue weighted by molar-refractivity contribution is 1.39. The summed E-state index contributed by atoms with van der Waals surface area (Å²) in [7, 11) is 3.36. The molecule has 82 valence electrons. The molecule has 1 nitrogen and oxygen atoms in total. The Morgan fingerprint density at radius 3 is 1.93 bits per heavy atom. The third-order valence-electron chi connectivity index (χ3n) is 1.25. The highest BCUT2D eigenvalue weighted by Crippen LogP contribution is 2.28. The number of nitrogens with one attached hydrogen (secondary N) is 1. The van der Waals surface area contributed by atoms with E-state index in [0.29, 0.717) is 0 Å². The molecular formula is C11H21NS2. The summed E-state index contributed by atoms with van der Waals surface area (Å²) in [4.78, 5) is 1.16. The zero-order valence-electron chi connectivity index (χ0n) is 9.66. The molecule has 14 heavy (non-hydrogen) atoms. The van der Waals surface area contributed by atoms with Gasteiger partial charge in [-0.15, -0.1) is 11.7 Å². The molecule has 1 N–H and O–H groups in total. The highest BCUT2D eigenvalue weighted by Gasteiger charge is 1.95. The molecule has 0 aliphatic carbocycles. The van der Waals surface area contributed by atoms with Crippen LogP contribution in [-0.4, -0.2) is 7.05 Å². The smallest absolute Gasteiger partial charge is 0.0484 e. The molecule has 0 aliphatic rings. The van der Waals surface area contributed by atoms with Crippen LogP contribution in [0.3, 0.4) is 0 Å². The Morgan fingerprint density at radius 2 is 1.57 bits per heavy atom. The van der Waals surface area contributed by atoms with Crippen molar-refractivity contribution in [3.8, 4) is 0 Å². The van der Waals surface area contributed by atoms with Gasteiger partial charge in [0.05, 0.1) is 0 Å². The van der Waals surface area contributed by atoms with E-state index in [1.54, 1.807) is 0 Å². The molecule has 1 aromatic carbocycles. The van der Waals surface area contributed by atoms with Gasteiger partial charge < -0.3 is 5.32 Å². The molecule has 1 rings (SSSR count). The van der Waals surface area contributed by atoms with Crippen LogP contribution in [-0.2, 0) is 0 Å². The van der Waals surface area contributed by atoms with Crippen molar-refractivity contribution in [2.45, 2.75) is 32.6 Å². The molecule has 3 heteroatoms. The van der Waals surface area contributed by atoms with E-state index in [1.165, 1.54) is 10.8 Å². The summed E-state index contributed by atoms with van der Waals surface area (Å²) in [5, 5.41) is 3.08. The first-order chi connectivity index (χ1) is 6.88. The second-order valence-electron chi connectivity index (χ2n) is 1.84. The van der Waals surface area contributed by atoms with Crippen LogP contribution in [0.1, 0.15) is 27.7 Å². The molecule has 0 aliphatic heterocycles. The lowest BCUT2D eigenvalue weighted by Crippen LogP contribution is -1.88. The second-order valence-corrected chi connectivity index (χ2v) is 3.01. The maximum Gasteiger partial charge on any atom is 0.0484 e. The third-order valence-corrected chi connectivity index (χ3v) is 2.40. The lowest BCUT2D eigenvalue weighted by atomic mass is 10.3. The largest absolute Gasteiger partial charge is 0.387 e. The molecule has 0 heterocycles. The Labute approximate surface area is 97.5 Å². The molecule has 0 unspecified atom stereocenters. The standard InChI is InChI=1S/C7H9NS2.2C2H6/c1-8-6-4-2-3-5-7(6)10-9;2*1-2/h2-5,8-9H,1H3;2*1-2H3. The second kappa shape index (κ2) is 12.7. The molecule has 0 atom stereocenters. The Kier molecular flexibility index (Phi) is 14.7. The van der Waals surface area contributed by atoms with Crippen molar-refractivity contribution >= 4 is 28.1 Å². The minimum Gasteiger partial charge on any atom is -0.387 e. The van der Waals surface area contributed by atoms with Crippen molar-refractivity contribution in [3.63, 3.8) is 0 Å². The molecule has 0 saturated heterocycles. The molecule has 0 saturated carbocycles. The van der Waals surface area contributed by atoms with E-state index in [1.807, 2.05) is 59.0 Å². The molecule has 0 fully saturated rings. The van der Waals surface area contributed by atoms with E-state index in [9.17, 15) is 0 Å². The van der Waals surface area contributed by atoms with Crippen LogP contribution >= 0.6 is 22.5 Å². The summed E-state index contributed by atoms with van der Waals surface area (Å²) < 4.78 is 0.